The van der Waals surface area contributed by atoms with Crippen LogP contribution >= 0.6 is 0 Å². The molecule has 0 spiro atoms. The molecule has 106 valence electrons. The number of pyridine rings is 1. The van der Waals surface area contributed by atoms with Crippen LogP contribution in [0.2, 0.25) is 0 Å². The lowest BCUT2D eigenvalue weighted by molar-refractivity contribution is 0.0894. The first-order valence-corrected chi connectivity index (χ1v) is 6.55. The lowest BCUT2D eigenvalue weighted by Crippen LogP contribution is -2.37. The van der Waals surface area contributed by atoms with E-state index in [1.54, 1.807) is 19.2 Å². The van der Waals surface area contributed by atoms with Crippen molar-refractivity contribution in [3.05, 3.63) is 23.4 Å². The molecule has 1 unspecified atom stereocenters. The molecule has 1 rings (SSSR count). The van der Waals surface area contributed by atoms with Crippen LogP contribution in [0.25, 0.3) is 0 Å². The predicted molar refractivity (Wildman–Crippen MR) is 76.2 cm³/mol. The minimum absolute atomic E-state index is 0.00869. The second-order valence-electron chi connectivity index (χ2n) is 4.89. The normalized spacial score (nSPS) is 12.5. The topological polar surface area (TPSA) is 77.2 Å². The van der Waals surface area contributed by atoms with E-state index in [2.05, 4.69) is 10.3 Å². The quantitative estimate of drug-likeness (QED) is 0.824. The first-order chi connectivity index (χ1) is 8.97. The van der Waals surface area contributed by atoms with Gasteiger partial charge in [-0.05, 0) is 24.5 Å². The summed E-state index contributed by atoms with van der Waals surface area (Å²) in [5.74, 6) is 0.465. The van der Waals surface area contributed by atoms with Crippen LogP contribution in [0.15, 0.2) is 12.1 Å². The van der Waals surface area contributed by atoms with Gasteiger partial charge in [-0.2, -0.15) is 0 Å². The predicted octanol–water partition coefficient (Wildman–Crippen LogP) is 1.94. The summed E-state index contributed by atoms with van der Waals surface area (Å²) >= 11 is 0. The Bertz CT molecular complexity index is 433. The number of ether oxygens (including phenoxy) is 1. The van der Waals surface area contributed by atoms with Crippen molar-refractivity contribution in [2.24, 2.45) is 0 Å². The summed E-state index contributed by atoms with van der Waals surface area (Å²) in [6, 6.07) is 3.39. The SMILES string of the molecule is CCC(COC)NC(=O)c1cc(N)nc(C(C)C)c1. The molecular formula is C14H23N3O2. The highest BCUT2D eigenvalue weighted by atomic mass is 16.5. The van der Waals surface area contributed by atoms with Gasteiger partial charge in [0.15, 0.2) is 0 Å². The Hall–Kier alpha value is -1.62. The van der Waals surface area contributed by atoms with Crippen molar-refractivity contribution in [2.75, 3.05) is 19.5 Å². The summed E-state index contributed by atoms with van der Waals surface area (Å²) in [5.41, 5.74) is 7.11. The summed E-state index contributed by atoms with van der Waals surface area (Å²) in [7, 11) is 1.62. The van der Waals surface area contributed by atoms with Gasteiger partial charge in [0.2, 0.25) is 0 Å². The Morgan fingerprint density at radius 1 is 1.47 bits per heavy atom. The van der Waals surface area contributed by atoms with E-state index >= 15 is 0 Å². The number of nitrogens with one attached hydrogen (secondary N) is 1. The number of hydrogen-bond donors (Lipinski definition) is 2. The number of rotatable bonds is 6. The zero-order valence-corrected chi connectivity index (χ0v) is 12.1. The fourth-order valence-electron chi connectivity index (χ4n) is 1.73. The molecule has 0 aromatic carbocycles. The van der Waals surface area contributed by atoms with Gasteiger partial charge in [-0.3, -0.25) is 4.79 Å². The average Bonchev–Trinajstić information content (AvgIpc) is 2.37. The van der Waals surface area contributed by atoms with E-state index in [4.69, 9.17) is 10.5 Å². The molecule has 0 radical (unpaired) electrons. The number of hydrogen-bond acceptors (Lipinski definition) is 4. The molecule has 1 heterocycles. The third kappa shape index (κ3) is 4.52. The average molecular weight is 265 g/mol. The molecule has 0 saturated carbocycles. The second kappa shape index (κ2) is 7.09. The summed E-state index contributed by atoms with van der Waals surface area (Å²) in [6.07, 6.45) is 0.817. The van der Waals surface area contributed by atoms with Crippen LogP contribution in [0.4, 0.5) is 5.82 Å². The standard InChI is InChI=1S/C14H23N3O2/c1-5-11(8-19-4)16-14(18)10-6-12(9(2)3)17-13(15)7-10/h6-7,9,11H,5,8H2,1-4H3,(H2,15,17)(H,16,18). The Balaban J connectivity index is 2.87. The highest BCUT2D eigenvalue weighted by molar-refractivity contribution is 5.95. The van der Waals surface area contributed by atoms with Crippen molar-refractivity contribution < 1.29 is 9.53 Å². The smallest absolute Gasteiger partial charge is 0.251 e. The van der Waals surface area contributed by atoms with Crippen LogP contribution < -0.4 is 11.1 Å². The first-order valence-electron chi connectivity index (χ1n) is 6.55. The summed E-state index contributed by atoms with van der Waals surface area (Å²) in [4.78, 5) is 16.4. The largest absolute Gasteiger partial charge is 0.384 e. The molecule has 0 bridgehead atoms. The van der Waals surface area contributed by atoms with Crippen molar-refractivity contribution in [1.82, 2.24) is 10.3 Å². The molecule has 1 amide bonds. The highest BCUT2D eigenvalue weighted by Gasteiger charge is 2.14. The molecule has 0 aliphatic carbocycles. The molecule has 0 saturated heterocycles. The van der Waals surface area contributed by atoms with E-state index < -0.39 is 0 Å². The molecule has 5 nitrogen and oxygen atoms in total. The molecular weight excluding hydrogens is 242 g/mol. The van der Waals surface area contributed by atoms with Crippen LogP contribution in [0.5, 0.6) is 0 Å². The lowest BCUT2D eigenvalue weighted by Gasteiger charge is -2.16. The van der Waals surface area contributed by atoms with Gasteiger partial charge in [-0.15, -0.1) is 0 Å². The van der Waals surface area contributed by atoms with Crippen LogP contribution in [0, 0.1) is 0 Å². The monoisotopic (exact) mass is 265 g/mol. The maximum atomic E-state index is 12.2. The maximum Gasteiger partial charge on any atom is 0.251 e. The Morgan fingerprint density at radius 3 is 2.68 bits per heavy atom. The molecule has 1 atom stereocenters. The van der Waals surface area contributed by atoms with Crippen LogP contribution in [-0.4, -0.2) is 30.6 Å². The Kier molecular flexibility index (Phi) is 5.76. The van der Waals surface area contributed by atoms with Gasteiger partial charge in [0.25, 0.3) is 5.91 Å². The van der Waals surface area contributed by atoms with Crippen molar-refractivity contribution in [1.29, 1.82) is 0 Å². The number of methoxy groups -OCH3 is 1. The van der Waals surface area contributed by atoms with E-state index in [1.807, 2.05) is 20.8 Å². The number of nitrogens with two attached hydrogens (primary N) is 1. The van der Waals surface area contributed by atoms with Gasteiger partial charge in [0.05, 0.1) is 12.6 Å². The van der Waals surface area contributed by atoms with Crippen LogP contribution in [0.1, 0.15) is 49.2 Å². The van der Waals surface area contributed by atoms with Crippen molar-refractivity contribution in [3.63, 3.8) is 0 Å². The Morgan fingerprint density at radius 2 is 2.16 bits per heavy atom. The van der Waals surface area contributed by atoms with Crippen molar-refractivity contribution in [2.45, 2.75) is 39.2 Å². The highest BCUT2D eigenvalue weighted by Crippen LogP contribution is 2.16. The molecule has 1 aromatic heterocycles. The van der Waals surface area contributed by atoms with Gasteiger partial charge in [0.1, 0.15) is 5.82 Å². The number of aromatic nitrogens is 1. The van der Waals surface area contributed by atoms with Crippen LogP contribution in [-0.2, 0) is 4.74 Å². The fraction of sp³-hybridized carbons (Fsp3) is 0.571. The number of carbonyl (C=O) groups is 1. The van der Waals surface area contributed by atoms with Gasteiger partial charge >= 0.3 is 0 Å². The number of amides is 1. The van der Waals surface area contributed by atoms with Gasteiger partial charge in [-0.1, -0.05) is 20.8 Å². The molecule has 1 aromatic rings. The zero-order chi connectivity index (χ0) is 14.4. The first kappa shape index (κ1) is 15.4. The third-order valence-electron chi connectivity index (χ3n) is 2.91. The van der Waals surface area contributed by atoms with E-state index in [-0.39, 0.29) is 17.9 Å². The van der Waals surface area contributed by atoms with Crippen molar-refractivity contribution in [3.8, 4) is 0 Å². The van der Waals surface area contributed by atoms with Crippen LogP contribution in [0.3, 0.4) is 0 Å². The van der Waals surface area contributed by atoms with E-state index in [1.165, 1.54) is 0 Å². The molecule has 3 N–H and O–H groups in total. The van der Waals surface area contributed by atoms with Crippen molar-refractivity contribution >= 4 is 11.7 Å². The molecule has 0 fully saturated rings. The van der Waals surface area contributed by atoms with E-state index in [0.29, 0.717) is 18.0 Å². The lowest BCUT2D eigenvalue weighted by atomic mass is 10.1. The summed E-state index contributed by atoms with van der Waals surface area (Å²) in [6.45, 7) is 6.54. The molecule has 19 heavy (non-hydrogen) atoms. The number of anilines is 1. The number of carbonyl (C=O) groups excluding carboxylic acids is 1. The fourth-order valence-corrected chi connectivity index (χ4v) is 1.73. The number of nitrogens with zero attached hydrogens (tertiary/aromatic N) is 1. The third-order valence-corrected chi connectivity index (χ3v) is 2.91. The molecule has 5 heteroatoms. The summed E-state index contributed by atoms with van der Waals surface area (Å²) in [5, 5.41) is 2.93. The number of nitrogen functional groups attached to an aromatic ring is 1. The maximum absolute atomic E-state index is 12.2. The molecule has 0 aliphatic heterocycles. The molecule has 0 aliphatic rings. The summed E-state index contributed by atoms with van der Waals surface area (Å²) < 4.78 is 5.07. The minimum Gasteiger partial charge on any atom is -0.384 e. The second-order valence-corrected chi connectivity index (χ2v) is 4.89. The Labute approximate surface area is 114 Å². The van der Waals surface area contributed by atoms with E-state index in [9.17, 15) is 4.79 Å². The van der Waals surface area contributed by atoms with Gasteiger partial charge < -0.3 is 15.8 Å². The van der Waals surface area contributed by atoms with E-state index in [0.717, 1.165) is 12.1 Å². The van der Waals surface area contributed by atoms with Gasteiger partial charge in [-0.25, -0.2) is 4.98 Å². The van der Waals surface area contributed by atoms with Gasteiger partial charge in [0, 0.05) is 18.4 Å². The zero-order valence-electron chi connectivity index (χ0n) is 12.1. The minimum atomic E-state index is -0.139.